The fourth-order valence-electron chi connectivity index (χ4n) is 2.47. The number of nitrogens with one attached hydrogen (secondary N) is 1. The molecule has 0 spiro atoms. The van der Waals surface area contributed by atoms with Crippen LogP contribution in [0.1, 0.15) is 24.2 Å². The van der Waals surface area contributed by atoms with Crippen LogP contribution in [-0.4, -0.2) is 33.0 Å². The molecule has 7 nitrogen and oxygen atoms in total. The molecule has 3 aromatic rings. The Kier molecular flexibility index (Phi) is 5.30. The summed E-state index contributed by atoms with van der Waals surface area (Å²) in [6, 6.07) is 6.15. The van der Waals surface area contributed by atoms with E-state index >= 15 is 0 Å². The molecule has 0 saturated heterocycles. The van der Waals surface area contributed by atoms with Gasteiger partial charge in [0.25, 0.3) is 5.91 Å². The molecule has 0 bridgehead atoms. The summed E-state index contributed by atoms with van der Waals surface area (Å²) < 4.78 is 46.5. The van der Waals surface area contributed by atoms with Crippen molar-refractivity contribution in [3.05, 3.63) is 53.3 Å². The van der Waals surface area contributed by atoms with Gasteiger partial charge in [-0.25, -0.2) is 22.6 Å². The minimum Gasteiger partial charge on any atom is -0.449 e. The van der Waals surface area contributed by atoms with Gasteiger partial charge in [-0.2, -0.15) is 0 Å². The predicted molar refractivity (Wildman–Crippen MR) is 93.0 cm³/mol. The smallest absolute Gasteiger partial charge is 0.338 e. The Morgan fingerprint density at radius 2 is 1.93 bits per heavy atom. The van der Waals surface area contributed by atoms with Gasteiger partial charge in [0.2, 0.25) is 0 Å². The molecule has 0 aliphatic rings. The Morgan fingerprint density at radius 3 is 2.64 bits per heavy atom. The van der Waals surface area contributed by atoms with Crippen LogP contribution >= 0.6 is 0 Å². The standard InChI is InChI=1S/C18H15F3N4O3/c1-3-25-14-7-4-10(8-13(14)23-24-25)18(27)28-9(2)17(26)22-12-6-5-11(19)15(20)16(12)21/h4-9H,3H2,1-2H3,(H,22,26)/t9-/m1/s1. The summed E-state index contributed by atoms with van der Waals surface area (Å²) in [4.78, 5) is 24.3. The fraction of sp³-hybridized carbons (Fsp3) is 0.222. The minimum atomic E-state index is -1.71. The SMILES string of the molecule is CCn1nnc2cc(C(=O)O[C@H](C)C(=O)Nc3ccc(F)c(F)c3F)ccc21. The molecule has 28 heavy (non-hydrogen) atoms. The van der Waals surface area contributed by atoms with Gasteiger partial charge in [0.15, 0.2) is 23.6 Å². The molecule has 1 aromatic heterocycles. The van der Waals surface area contributed by atoms with Gasteiger partial charge in [0, 0.05) is 6.54 Å². The van der Waals surface area contributed by atoms with Crippen LogP contribution < -0.4 is 5.32 Å². The van der Waals surface area contributed by atoms with Crippen LogP contribution in [0.2, 0.25) is 0 Å². The Hall–Kier alpha value is -3.43. The van der Waals surface area contributed by atoms with Gasteiger partial charge in [-0.3, -0.25) is 4.79 Å². The summed E-state index contributed by atoms with van der Waals surface area (Å²) in [6.07, 6.45) is -1.32. The average molecular weight is 392 g/mol. The van der Waals surface area contributed by atoms with Gasteiger partial charge in [0.1, 0.15) is 5.52 Å². The number of halogens is 3. The van der Waals surface area contributed by atoms with E-state index in [1.54, 1.807) is 10.7 Å². The lowest BCUT2D eigenvalue weighted by atomic mass is 10.2. The van der Waals surface area contributed by atoms with Crippen LogP contribution in [0.25, 0.3) is 11.0 Å². The number of esters is 1. The lowest BCUT2D eigenvalue weighted by molar-refractivity contribution is -0.123. The van der Waals surface area contributed by atoms with Crippen molar-refractivity contribution in [1.29, 1.82) is 0 Å². The molecule has 0 fully saturated rings. The number of aromatic nitrogens is 3. The fourth-order valence-corrected chi connectivity index (χ4v) is 2.47. The summed E-state index contributed by atoms with van der Waals surface area (Å²) in [5, 5.41) is 9.93. The van der Waals surface area contributed by atoms with E-state index < -0.39 is 41.1 Å². The van der Waals surface area contributed by atoms with Gasteiger partial charge in [-0.15, -0.1) is 5.10 Å². The first-order valence-electron chi connectivity index (χ1n) is 8.30. The molecule has 1 heterocycles. The molecular formula is C18H15F3N4O3. The topological polar surface area (TPSA) is 86.1 Å². The number of carbonyl (C=O) groups is 2. The van der Waals surface area contributed by atoms with E-state index in [2.05, 4.69) is 15.6 Å². The van der Waals surface area contributed by atoms with Crippen molar-refractivity contribution in [1.82, 2.24) is 15.0 Å². The molecule has 0 saturated carbocycles. The highest BCUT2D eigenvalue weighted by Gasteiger charge is 2.22. The second-order valence-corrected chi connectivity index (χ2v) is 5.87. The molecule has 3 rings (SSSR count). The minimum absolute atomic E-state index is 0.148. The first-order valence-corrected chi connectivity index (χ1v) is 8.30. The summed E-state index contributed by atoms with van der Waals surface area (Å²) in [5.74, 6) is -6.35. The lowest BCUT2D eigenvalue weighted by Gasteiger charge is -2.14. The van der Waals surface area contributed by atoms with E-state index in [0.29, 0.717) is 18.1 Å². The lowest BCUT2D eigenvalue weighted by Crippen LogP contribution is -2.30. The van der Waals surface area contributed by atoms with Crippen LogP contribution in [0.4, 0.5) is 18.9 Å². The van der Waals surface area contributed by atoms with E-state index in [9.17, 15) is 22.8 Å². The number of aryl methyl sites for hydroxylation is 1. The van der Waals surface area contributed by atoms with Crippen molar-refractivity contribution < 1.29 is 27.5 Å². The Morgan fingerprint density at radius 1 is 1.18 bits per heavy atom. The van der Waals surface area contributed by atoms with Crippen LogP contribution in [-0.2, 0) is 16.1 Å². The number of amides is 1. The summed E-state index contributed by atoms with van der Waals surface area (Å²) >= 11 is 0. The highest BCUT2D eigenvalue weighted by atomic mass is 19.2. The summed E-state index contributed by atoms with van der Waals surface area (Å²) in [6.45, 7) is 3.77. The van der Waals surface area contributed by atoms with Crippen molar-refractivity contribution in [3.63, 3.8) is 0 Å². The second-order valence-electron chi connectivity index (χ2n) is 5.87. The van der Waals surface area contributed by atoms with E-state index in [1.165, 1.54) is 19.1 Å². The number of carbonyl (C=O) groups excluding carboxylic acids is 2. The van der Waals surface area contributed by atoms with E-state index in [1.807, 2.05) is 6.92 Å². The molecule has 0 unspecified atom stereocenters. The molecule has 0 aliphatic heterocycles. The van der Waals surface area contributed by atoms with Gasteiger partial charge in [-0.1, -0.05) is 5.21 Å². The third-order valence-electron chi connectivity index (χ3n) is 4.00. The molecule has 1 atom stereocenters. The normalized spacial score (nSPS) is 12.0. The molecular weight excluding hydrogens is 377 g/mol. The summed E-state index contributed by atoms with van der Waals surface area (Å²) in [5.41, 5.74) is 0.801. The number of rotatable bonds is 5. The molecule has 1 amide bonds. The average Bonchev–Trinajstić information content (AvgIpc) is 3.10. The molecule has 2 aromatic carbocycles. The number of nitrogens with zero attached hydrogens (tertiary/aromatic N) is 3. The maximum atomic E-state index is 13.6. The first kappa shape index (κ1) is 19.3. The van der Waals surface area contributed by atoms with Crippen LogP contribution in [0.3, 0.4) is 0 Å². The largest absolute Gasteiger partial charge is 0.449 e. The van der Waals surface area contributed by atoms with Crippen molar-refractivity contribution in [2.45, 2.75) is 26.5 Å². The second kappa shape index (κ2) is 7.67. The number of hydrogen-bond donors (Lipinski definition) is 1. The van der Waals surface area contributed by atoms with Crippen molar-refractivity contribution >= 4 is 28.6 Å². The number of anilines is 1. The zero-order valence-corrected chi connectivity index (χ0v) is 14.9. The molecule has 0 radical (unpaired) electrons. The summed E-state index contributed by atoms with van der Waals surface area (Å²) in [7, 11) is 0. The van der Waals surface area contributed by atoms with Crippen LogP contribution in [0.5, 0.6) is 0 Å². The van der Waals surface area contributed by atoms with Crippen molar-refractivity contribution in [2.75, 3.05) is 5.32 Å². The molecule has 0 aliphatic carbocycles. The van der Waals surface area contributed by atoms with E-state index in [4.69, 9.17) is 4.74 Å². The Labute approximate surface area is 157 Å². The van der Waals surface area contributed by atoms with Gasteiger partial charge < -0.3 is 10.1 Å². The monoisotopic (exact) mass is 392 g/mol. The first-order chi connectivity index (χ1) is 13.3. The number of fused-ring (bicyclic) bond motifs is 1. The third kappa shape index (κ3) is 3.66. The van der Waals surface area contributed by atoms with Gasteiger partial charge >= 0.3 is 5.97 Å². The zero-order valence-electron chi connectivity index (χ0n) is 14.9. The van der Waals surface area contributed by atoms with Crippen LogP contribution in [0.15, 0.2) is 30.3 Å². The van der Waals surface area contributed by atoms with Gasteiger partial charge in [0.05, 0.1) is 16.8 Å². The third-order valence-corrected chi connectivity index (χ3v) is 4.00. The zero-order chi connectivity index (χ0) is 20.4. The molecule has 1 N–H and O–H groups in total. The van der Waals surface area contributed by atoms with Crippen molar-refractivity contribution in [3.8, 4) is 0 Å². The number of hydrogen-bond acceptors (Lipinski definition) is 5. The maximum Gasteiger partial charge on any atom is 0.338 e. The highest BCUT2D eigenvalue weighted by molar-refractivity contribution is 5.98. The predicted octanol–water partition coefficient (Wildman–Crippen LogP) is 3.05. The van der Waals surface area contributed by atoms with E-state index in [-0.39, 0.29) is 5.56 Å². The van der Waals surface area contributed by atoms with Crippen LogP contribution in [0, 0.1) is 17.5 Å². The molecule has 146 valence electrons. The quantitative estimate of drug-likeness (QED) is 0.533. The van der Waals surface area contributed by atoms with Gasteiger partial charge in [-0.05, 0) is 44.2 Å². The molecule has 10 heteroatoms. The Bertz CT molecular complexity index is 1070. The van der Waals surface area contributed by atoms with E-state index in [0.717, 1.165) is 11.6 Å². The number of benzene rings is 2. The highest BCUT2D eigenvalue weighted by Crippen LogP contribution is 2.20. The van der Waals surface area contributed by atoms with Crippen molar-refractivity contribution in [2.24, 2.45) is 0 Å². The number of ether oxygens (including phenoxy) is 1. The Balaban J connectivity index is 1.70. The maximum absolute atomic E-state index is 13.6.